The third kappa shape index (κ3) is 5.01. The van der Waals surface area contributed by atoms with E-state index in [-0.39, 0.29) is 19.6 Å². The van der Waals surface area contributed by atoms with Gasteiger partial charge in [0, 0.05) is 5.69 Å². The third-order valence-corrected chi connectivity index (χ3v) is 1.98. The van der Waals surface area contributed by atoms with E-state index in [2.05, 4.69) is 4.74 Å². The van der Waals surface area contributed by atoms with Crippen molar-refractivity contribution in [3.8, 4) is 0 Å². The Morgan fingerprint density at radius 2 is 1.76 bits per heavy atom. The largest absolute Gasteiger partial charge is 0.463 e. The second kappa shape index (κ2) is 6.52. The molecule has 1 aromatic carbocycles. The number of nitrogens with two attached hydrogens (primary N) is 1. The van der Waals surface area contributed by atoms with Crippen molar-refractivity contribution in [3.63, 3.8) is 0 Å². The maximum atomic E-state index is 11.3. The van der Waals surface area contributed by atoms with Crippen LogP contribution >= 0.6 is 0 Å². The van der Waals surface area contributed by atoms with Gasteiger partial charge in [-0.15, -0.1) is 0 Å². The molecule has 5 heteroatoms. The Bertz CT molecular complexity index is 386. The van der Waals surface area contributed by atoms with Gasteiger partial charge < -0.3 is 15.2 Å². The van der Waals surface area contributed by atoms with Gasteiger partial charge in [0.25, 0.3) is 0 Å². The lowest BCUT2D eigenvalue weighted by atomic mass is 10.1. The topological polar surface area (TPSA) is 78.6 Å². The van der Waals surface area contributed by atoms with E-state index < -0.39 is 11.9 Å². The van der Waals surface area contributed by atoms with E-state index in [4.69, 9.17) is 10.5 Å². The van der Waals surface area contributed by atoms with Gasteiger partial charge >= 0.3 is 11.9 Å². The maximum Gasteiger partial charge on any atom is 0.344 e. The molecule has 1 aromatic rings. The van der Waals surface area contributed by atoms with Crippen LogP contribution in [0.1, 0.15) is 12.5 Å². The van der Waals surface area contributed by atoms with E-state index in [0.29, 0.717) is 5.69 Å². The van der Waals surface area contributed by atoms with Crippen LogP contribution in [0.25, 0.3) is 0 Å². The summed E-state index contributed by atoms with van der Waals surface area (Å²) < 4.78 is 9.37. The lowest BCUT2D eigenvalue weighted by molar-refractivity contribution is -0.158. The Morgan fingerprint density at radius 3 is 2.35 bits per heavy atom. The first kappa shape index (κ1) is 13.0. The second-order valence-electron chi connectivity index (χ2n) is 3.38. The van der Waals surface area contributed by atoms with Gasteiger partial charge in [-0.1, -0.05) is 12.1 Å². The first-order chi connectivity index (χ1) is 8.11. The number of rotatable bonds is 5. The van der Waals surface area contributed by atoms with Gasteiger partial charge in [-0.05, 0) is 24.6 Å². The second-order valence-corrected chi connectivity index (χ2v) is 3.38. The lowest BCUT2D eigenvalue weighted by Gasteiger charge is -2.04. The molecule has 5 nitrogen and oxygen atoms in total. The minimum atomic E-state index is -0.543. The summed E-state index contributed by atoms with van der Waals surface area (Å²) in [4.78, 5) is 22.3. The fourth-order valence-electron chi connectivity index (χ4n) is 1.20. The summed E-state index contributed by atoms with van der Waals surface area (Å²) in [5.74, 6) is -1.01. The van der Waals surface area contributed by atoms with E-state index in [0.717, 1.165) is 5.56 Å². The molecule has 1 rings (SSSR count). The summed E-state index contributed by atoms with van der Waals surface area (Å²) in [6, 6.07) is 6.88. The van der Waals surface area contributed by atoms with Crippen LogP contribution in [0.5, 0.6) is 0 Å². The molecule has 0 aliphatic carbocycles. The van der Waals surface area contributed by atoms with Crippen LogP contribution in [0.15, 0.2) is 24.3 Å². The highest BCUT2D eigenvalue weighted by Gasteiger charge is 2.08. The van der Waals surface area contributed by atoms with Crippen molar-refractivity contribution < 1.29 is 19.1 Å². The van der Waals surface area contributed by atoms with Gasteiger partial charge in [0.1, 0.15) is 0 Å². The summed E-state index contributed by atoms with van der Waals surface area (Å²) in [6.07, 6.45) is 0.111. The standard InChI is InChI=1S/C12H15NO4/c1-2-16-12(15)8-17-11(14)7-9-3-5-10(13)6-4-9/h3-6H,2,7-8,13H2,1H3. The molecule has 0 fully saturated rings. The van der Waals surface area contributed by atoms with Crippen molar-refractivity contribution >= 4 is 17.6 Å². The summed E-state index contributed by atoms with van der Waals surface area (Å²) in [6.45, 7) is 1.62. The van der Waals surface area contributed by atoms with E-state index in [1.165, 1.54) is 0 Å². The van der Waals surface area contributed by atoms with Gasteiger partial charge in [0.15, 0.2) is 6.61 Å². The molecule has 0 bridgehead atoms. The highest BCUT2D eigenvalue weighted by Crippen LogP contribution is 2.06. The summed E-state index contributed by atoms with van der Waals surface area (Å²) in [5.41, 5.74) is 6.93. The SMILES string of the molecule is CCOC(=O)COC(=O)Cc1ccc(N)cc1. The summed E-state index contributed by atoms with van der Waals surface area (Å²) in [5, 5.41) is 0. The average Bonchev–Trinajstić information content (AvgIpc) is 2.30. The zero-order valence-corrected chi connectivity index (χ0v) is 9.64. The third-order valence-electron chi connectivity index (χ3n) is 1.98. The number of carbonyl (C=O) groups excluding carboxylic acids is 2. The average molecular weight is 237 g/mol. The zero-order chi connectivity index (χ0) is 12.7. The number of anilines is 1. The van der Waals surface area contributed by atoms with Crippen LogP contribution < -0.4 is 5.73 Å². The Kier molecular flexibility index (Phi) is 5.00. The van der Waals surface area contributed by atoms with Gasteiger partial charge in [-0.2, -0.15) is 0 Å². The van der Waals surface area contributed by atoms with Crippen molar-refractivity contribution in [1.82, 2.24) is 0 Å². The van der Waals surface area contributed by atoms with Crippen LogP contribution in [0.2, 0.25) is 0 Å². The summed E-state index contributed by atoms with van der Waals surface area (Å²) >= 11 is 0. The van der Waals surface area contributed by atoms with Crippen molar-refractivity contribution in [2.24, 2.45) is 0 Å². The van der Waals surface area contributed by atoms with Crippen molar-refractivity contribution in [1.29, 1.82) is 0 Å². The Labute approximate surface area is 99.5 Å². The smallest absolute Gasteiger partial charge is 0.344 e. The highest BCUT2D eigenvalue weighted by atomic mass is 16.6. The number of ether oxygens (including phenoxy) is 2. The quantitative estimate of drug-likeness (QED) is 0.608. The minimum absolute atomic E-state index is 0.111. The molecule has 0 atom stereocenters. The van der Waals surface area contributed by atoms with E-state index in [1.54, 1.807) is 31.2 Å². The number of benzene rings is 1. The van der Waals surface area contributed by atoms with Crippen LogP contribution in [-0.2, 0) is 25.5 Å². The van der Waals surface area contributed by atoms with E-state index in [9.17, 15) is 9.59 Å². The molecule has 0 spiro atoms. The molecule has 0 amide bonds. The molecule has 0 unspecified atom stereocenters. The molecular formula is C12H15NO4. The fraction of sp³-hybridized carbons (Fsp3) is 0.333. The van der Waals surface area contributed by atoms with E-state index >= 15 is 0 Å². The van der Waals surface area contributed by atoms with Gasteiger partial charge in [-0.25, -0.2) is 4.79 Å². The fourth-order valence-corrected chi connectivity index (χ4v) is 1.20. The number of carbonyl (C=O) groups is 2. The number of hydrogen-bond donors (Lipinski definition) is 1. The molecule has 0 aliphatic heterocycles. The normalized spacial score (nSPS) is 9.71. The van der Waals surface area contributed by atoms with Gasteiger partial charge in [0.2, 0.25) is 0 Å². The Balaban J connectivity index is 2.34. The zero-order valence-electron chi connectivity index (χ0n) is 9.64. The maximum absolute atomic E-state index is 11.3. The molecule has 0 aliphatic rings. The number of nitrogen functional groups attached to an aromatic ring is 1. The predicted octanol–water partition coefficient (Wildman–Crippen LogP) is 0.918. The van der Waals surface area contributed by atoms with Crippen LogP contribution in [0, 0.1) is 0 Å². The molecule has 92 valence electrons. The molecule has 0 saturated carbocycles. The molecule has 0 radical (unpaired) electrons. The lowest BCUT2D eigenvalue weighted by Crippen LogP contribution is -2.17. The van der Waals surface area contributed by atoms with E-state index in [1.807, 2.05) is 0 Å². The molecule has 0 aromatic heterocycles. The molecule has 0 saturated heterocycles. The van der Waals surface area contributed by atoms with Crippen molar-refractivity contribution in [3.05, 3.63) is 29.8 Å². The van der Waals surface area contributed by atoms with Gasteiger partial charge in [-0.3, -0.25) is 4.79 Å². The first-order valence-electron chi connectivity index (χ1n) is 5.27. The Hall–Kier alpha value is -2.04. The molecule has 0 heterocycles. The van der Waals surface area contributed by atoms with Crippen molar-refractivity contribution in [2.75, 3.05) is 18.9 Å². The van der Waals surface area contributed by atoms with Crippen LogP contribution in [0.3, 0.4) is 0 Å². The molecule has 17 heavy (non-hydrogen) atoms. The number of esters is 2. The van der Waals surface area contributed by atoms with Crippen molar-refractivity contribution in [2.45, 2.75) is 13.3 Å². The monoisotopic (exact) mass is 237 g/mol. The highest BCUT2D eigenvalue weighted by molar-refractivity contribution is 5.77. The van der Waals surface area contributed by atoms with Gasteiger partial charge in [0.05, 0.1) is 13.0 Å². The van der Waals surface area contributed by atoms with Crippen LogP contribution in [0.4, 0.5) is 5.69 Å². The summed E-state index contributed by atoms with van der Waals surface area (Å²) in [7, 11) is 0. The Morgan fingerprint density at radius 1 is 1.12 bits per heavy atom. The molecule has 2 N–H and O–H groups in total. The predicted molar refractivity (Wildman–Crippen MR) is 62.2 cm³/mol. The van der Waals surface area contributed by atoms with Crippen LogP contribution in [-0.4, -0.2) is 25.2 Å². The number of hydrogen-bond acceptors (Lipinski definition) is 5. The minimum Gasteiger partial charge on any atom is -0.463 e. The molecular weight excluding hydrogens is 222 g/mol. The first-order valence-corrected chi connectivity index (χ1v) is 5.27.